The molecule has 1 atom stereocenters. The van der Waals surface area contributed by atoms with Crippen molar-refractivity contribution in [3.63, 3.8) is 0 Å². The standard InChI is InChI=1S/C33H41NO3Si/c1-32(2,3)38(4,5)37-24-26(18-10-7-11-23-31(35)36)34-33(25-16-8-6-9-17-25)29-21-14-12-19-27(29)28-20-13-15-22-30(28)33/h6,8-10,12-22,26,34H,7,11,23-24H2,1-5H3,(H,35,36)/b18-10-/t26-/m0/s1. The second-order valence-electron chi connectivity index (χ2n) is 11.7. The van der Waals surface area contributed by atoms with Crippen LogP contribution in [-0.4, -0.2) is 32.0 Å². The SMILES string of the molecule is CC(C)(C)[Si](C)(C)OC[C@H](/C=C\CCCC(=O)O)NC1(c2ccccc2)c2ccccc2-c2ccccc21. The molecule has 3 aromatic carbocycles. The molecule has 0 heterocycles. The van der Waals surface area contributed by atoms with E-state index in [0.717, 1.165) is 6.42 Å². The summed E-state index contributed by atoms with van der Waals surface area (Å²) < 4.78 is 6.75. The van der Waals surface area contributed by atoms with Gasteiger partial charge < -0.3 is 9.53 Å². The number of benzene rings is 3. The molecule has 0 aromatic heterocycles. The zero-order valence-corrected chi connectivity index (χ0v) is 24.3. The highest BCUT2D eigenvalue weighted by Crippen LogP contribution is 2.51. The zero-order valence-electron chi connectivity index (χ0n) is 23.3. The smallest absolute Gasteiger partial charge is 0.303 e. The molecule has 38 heavy (non-hydrogen) atoms. The van der Waals surface area contributed by atoms with Gasteiger partial charge in [0, 0.05) is 12.5 Å². The third-order valence-electron chi connectivity index (χ3n) is 8.12. The number of rotatable bonds is 11. The van der Waals surface area contributed by atoms with Crippen LogP contribution in [0.15, 0.2) is 91.0 Å². The van der Waals surface area contributed by atoms with Crippen molar-refractivity contribution in [2.24, 2.45) is 0 Å². The average Bonchev–Trinajstić information content (AvgIpc) is 3.17. The van der Waals surface area contributed by atoms with Gasteiger partial charge in [0.15, 0.2) is 8.32 Å². The third-order valence-corrected chi connectivity index (χ3v) is 12.6. The lowest BCUT2D eigenvalue weighted by Gasteiger charge is -2.40. The second kappa shape index (κ2) is 11.4. The molecule has 2 N–H and O–H groups in total. The number of fused-ring (bicyclic) bond motifs is 3. The van der Waals surface area contributed by atoms with E-state index < -0.39 is 19.8 Å². The highest BCUT2D eigenvalue weighted by atomic mass is 28.4. The summed E-state index contributed by atoms with van der Waals surface area (Å²) in [6.07, 6.45) is 5.81. The van der Waals surface area contributed by atoms with Gasteiger partial charge in [0.2, 0.25) is 0 Å². The molecule has 200 valence electrons. The van der Waals surface area contributed by atoms with Gasteiger partial charge in [-0.05, 0) is 58.8 Å². The predicted octanol–water partition coefficient (Wildman–Crippen LogP) is 7.75. The van der Waals surface area contributed by atoms with Gasteiger partial charge >= 0.3 is 5.97 Å². The minimum atomic E-state index is -1.99. The Morgan fingerprint density at radius 1 is 0.947 bits per heavy atom. The number of carboxylic acid groups (broad SMARTS) is 1. The quantitative estimate of drug-likeness (QED) is 0.152. The molecule has 0 amide bonds. The maximum atomic E-state index is 11.0. The monoisotopic (exact) mass is 527 g/mol. The maximum absolute atomic E-state index is 11.0. The van der Waals surface area contributed by atoms with Crippen LogP contribution in [0.25, 0.3) is 11.1 Å². The van der Waals surface area contributed by atoms with Gasteiger partial charge in [-0.15, -0.1) is 0 Å². The molecule has 3 aromatic rings. The summed E-state index contributed by atoms with van der Waals surface area (Å²) in [4.78, 5) is 11.0. The molecule has 0 fully saturated rings. The first-order chi connectivity index (χ1) is 18.1. The summed E-state index contributed by atoms with van der Waals surface area (Å²) in [6, 6.07) is 27.9. The van der Waals surface area contributed by atoms with E-state index in [2.05, 4.69) is 130 Å². The van der Waals surface area contributed by atoms with Crippen molar-refractivity contribution < 1.29 is 14.3 Å². The van der Waals surface area contributed by atoms with Crippen molar-refractivity contribution in [2.75, 3.05) is 6.61 Å². The molecular weight excluding hydrogens is 486 g/mol. The van der Waals surface area contributed by atoms with E-state index in [1.54, 1.807) is 0 Å². The normalized spacial score (nSPS) is 15.3. The molecule has 4 rings (SSSR count). The van der Waals surface area contributed by atoms with Crippen molar-refractivity contribution in [3.8, 4) is 11.1 Å². The first kappa shape index (κ1) is 28.0. The lowest BCUT2D eigenvalue weighted by Crippen LogP contribution is -2.51. The number of hydrogen-bond donors (Lipinski definition) is 2. The number of unbranched alkanes of at least 4 members (excludes halogenated alkanes) is 1. The molecule has 0 radical (unpaired) electrons. The lowest BCUT2D eigenvalue weighted by molar-refractivity contribution is -0.137. The van der Waals surface area contributed by atoms with E-state index >= 15 is 0 Å². The van der Waals surface area contributed by atoms with E-state index in [4.69, 9.17) is 9.53 Å². The van der Waals surface area contributed by atoms with E-state index in [1.807, 2.05) is 0 Å². The van der Waals surface area contributed by atoms with Gasteiger partial charge in [0.25, 0.3) is 0 Å². The molecule has 0 spiro atoms. The van der Waals surface area contributed by atoms with Crippen molar-refractivity contribution in [1.82, 2.24) is 5.32 Å². The molecule has 0 saturated carbocycles. The number of carboxylic acids is 1. The second-order valence-corrected chi connectivity index (χ2v) is 16.6. The molecule has 0 bridgehead atoms. The summed E-state index contributed by atoms with van der Waals surface area (Å²) in [5.41, 5.74) is 5.62. The van der Waals surface area contributed by atoms with Gasteiger partial charge in [0.1, 0.15) is 0 Å². The number of carbonyl (C=O) groups is 1. The average molecular weight is 528 g/mol. The molecule has 0 aliphatic heterocycles. The molecular formula is C33H41NO3Si. The summed E-state index contributed by atoms with van der Waals surface area (Å²) >= 11 is 0. The maximum Gasteiger partial charge on any atom is 0.303 e. The Morgan fingerprint density at radius 2 is 1.50 bits per heavy atom. The fourth-order valence-electron chi connectivity index (χ4n) is 5.04. The van der Waals surface area contributed by atoms with Crippen molar-refractivity contribution >= 4 is 14.3 Å². The Kier molecular flexibility index (Phi) is 8.41. The van der Waals surface area contributed by atoms with Crippen LogP contribution < -0.4 is 5.32 Å². The molecule has 1 aliphatic rings. The van der Waals surface area contributed by atoms with Crippen LogP contribution >= 0.6 is 0 Å². The summed E-state index contributed by atoms with van der Waals surface area (Å²) in [5, 5.41) is 13.2. The van der Waals surface area contributed by atoms with Gasteiger partial charge in [-0.3, -0.25) is 10.1 Å². The number of aliphatic carboxylic acids is 1. The predicted molar refractivity (Wildman–Crippen MR) is 159 cm³/mol. The summed E-state index contributed by atoms with van der Waals surface area (Å²) in [6.45, 7) is 11.9. The summed E-state index contributed by atoms with van der Waals surface area (Å²) in [5.74, 6) is -0.753. The highest BCUT2D eigenvalue weighted by Gasteiger charge is 2.46. The van der Waals surface area contributed by atoms with Crippen LogP contribution in [0.5, 0.6) is 0 Å². The van der Waals surface area contributed by atoms with Gasteiger partial charge in [-0.2, -0.15) is 0 Å². The van der Waals surface area contributed by atoms with Crippen LogP contribution in [0.4, 0.5) is 0 Å². The lowest BCUT2D eigenvalue weighted by atomic mass is 9.80. The van der Waals surface area contributed by atoms with E-state index in [1.165, 1.54) is 27.8 Å². The van der Waals surface area contributed by atoms with Gasteiger partial charge in [-0.25, -0.2) is 0 Å². The van der Waals surface area contributed by atoms with Crippen LogP contribution in [0, 0.1) is 0 Å². The van der Waals surface area contributed by atoms with E-state index in [0.29, 0.717) is 13.0 Å². The number of nitrogens with one attached hydrogen (secondary N) is 1. The van der Waals surface area contributed by atoms with Crippen molar-refractivity contribution in [2.45, 2.75) is 69.7 Å². The first-order valence-electron chi connectivity index (χ1n) is 13.6. The van der Waals surface area contributed by atoms with Crippen LogP contribution in [0.1, 0.15) is 56.7 Å². The fraction of sp³-hybridized carbons (Fsp3) is 0.364. The van der Waals surface area contributed by atoms with E-state index in [-0.39, 0.29) is 17.5 Å². The Balaban J connectivity index is 1.77. The van der Waals surface area contributed by atoms with Crippen LogP contribution in [0.2, 0.25) is 18.1 Å². The molecule has 1 aliphatic carbocycles. The minimum Gasteiger partial charge on any atom is -0.481 e. The zero-order chi connectivity index (χ0) is 27.4. The van der Waals surface area contributed by atoms with Crippen molar-refractivity contribution in [3.05, 3.63) is 108 Å². The minimum absolute atomic E-state index is 0.0756. The number of hydrogen-bond acceptors (Lipinski definition) is 3. The Morgan fingerprint density at radius 3 is 2.05 bits per heavy atom. The van der Waals surface area contributed by atoms with E-state index in [9.17, 15) is 4.79 Å². The van der Waals surface area contributed by atoms with Crippen LogP contribution in [0.3, 0.4) is 0 Å². The van der Waals surface area contributed by atoms with Crippen LogP contribution in [-0.2, 0) is 14.8 Å². The fourth-order valence-corrected chi connectivity index (χ4v) is 6.07. The molecule has 5 heteroatoms. The summed E-state index contributed by atoms with van der Waals surface area (Å²) in [7, 11) is -1.99. The highest BCUT2D eigenvalue weighted by molar-refractivity contribution is 6.74. The number of allylic oxidation sites excluding steroid dienone is 1. The van der Waals surface area contributed by atoms with Crippen molar-refractivity contribution in [1.29, 1.82) is 0 Å². The largest absolute Gasteiger partial charge is 0.481 e. The van der Waals surface area contributed by atoms with Gasteiger partial charge in [0.05, 0.1) is 12.1 Å². The molecule has 0 unspecified atom stereocenters. The third kappa shape index (κ3) is 5.70. The Bertz CT molecular complexity index is 1230. The molecule has 4 nitrogen and oxygen atoms in total. The first-order valence-corrected chi connectivity index (χ1v) is 16.5. The van der Waals surface area contributed by atoms with Gasteiger partial charge in [-0.1, -0.05) is 112 Å². The Labute approximate surface area is 228 Å². The Hall–Kier alpha value is -2.99. The molecule has 0 saturated heterocycles. The topological polar surface area (TPSA) is 58.6 Å².